The van der Waals surface area contributed by atoms with E-state index >= 15 is 0 Å². The molecule has 0 radical (unpaired) electrons. The van der Waals surface area contributed by atoms with Crippen molar-refractivity contribution in [3.05, 3.63) is 59.4 Å². The average Bonchev–Trinajstić information content (AvgIpc) is 2.48. The highest BCUT2D eigenvalue weighted by Gasteiger charge is 2.13. The molecule has 0 amide bonds. The molecule has 0 bridgehead atoms. The second-order valence-corrected chi connectivity index (χ2v) is 4.88. The van der Waals surface area contributed by atoms with Gasteiger partial charge in [-0.25, -0.2) is 4.39 Å². The zero-order valence-corrected chi connectivity index (χ0v) is 12.7. The van der Waals surface area contributed by atoms with E-state index in [2.05, 4.69) is 22.0 Å². The fraction of sp³-hybridized carbons (Fsp3) is 0.188. The summed E-state index contributed by atoms with van der Waals surface area (Å²) in [7, 11) is 0. The third kappa shape index (κ3) is 3.00. The second kappa shape index (κ2) is 6.53. The quantitative estimate of drug-likeness (QED) is 0.755. The van der Waals surface area contributed by atoms with Gasteiger partial charge < -0.3 is 4.90 Å². The van der Waals surface area contributed by atoms with E-state index in [9.17, 15) is 9.65 Å². The fourth-order valence-corrected chi connectivity index (χ4v) is 2.48. The molecule has 102 valence electrons. The predicted octanol–water partition coefficient (Wildman–Crippen LogP) is 4.75. The number of rotatable bonds is 4. The summed E-state index contributed by atoms with van der Waals surface area (Å²) in [5, 5.41) is 10.0. The molecule has 20 heavy (non-hydrogen) atoms. The van der Waals surface area contributed by atoms with Gasteiger partial charge >= 0.3 is 0 Å². The minimum absolute atomic E-state index is 0.281. The van der Waals surface area contributed by atoms with Gasteiger partial charge in [-0.3, -0.25) is 0 Å². The summed E-state index contributed by atoms with van der Waals surface area (Å²) in [6, 6.07) is 14.3. The molecule has 0 heterocycles. The Kier molecular flexibility index (Phi) is 4.75. The smallest absolute Gasteiger partial charge is 0.125 e. The van der Waals surface area contributed by atoms with E-state index in [0.717, 1.165) is 16.9 Å². The van der Waals surface area contributed by atoms with Crippen molar-refractivity contribution in [2.24, 2.45) is 0 Å². The largest absolute Gasteiger partial charge is 0.341 e. The predicted molar refractivity (Wildman–Crippen MR) is 82.9 cm³/mol. The zero-order valence-electron chi connectivity index (χ0n) is 11.1. The maximum absolute atomic E-state index is 13.4. The van der Waals surface area contributed by atoms with E-state index in [-0.39, 0.29) is 5.82 Å². The monoisotopic (exact) mass is 332 g/mol. The topological polar surface area (TPSA) is 27.0 Å². The number of halogens is 2. The van der Waals surface area contributed by atoms with Crippen LogP contribution in [-0.4, -0.2) is 6.54 Å². The summed E-state index contributed by atoms with van der Waals surface area (Å²) in [4.78, 5) is 1.93. The van der Waals surface area contributed by atoms with Crippen LogP contribution in [0.25, 0.3) is 0 Å². The first-order valence-electron chi connectivity index (χ1n) is 6.31. The Bertz CT molecular complexity index is 649. The number of anilines is 2. The van der Waals surface area contributed by atoms with Crippen LogP contribution in [0.5, 0.6) is 0 Å². The van der Waals surface area contributed by atoms with Gasteiger partial charge in [-0.2, -0.15) is 5.26 Å². The molecule has 2 aromatic carbocycles. The molecule has 0 spiro atoms. The Morgan fingerprint density at radius 3 is 2.65 bits per heavy atom. The third-order valence-electron chi connectivity index (χ3n) is 3.06. The van der Waals surface area contributed by atoms with Gasteiger partial charge in [0.2, 0.25) is 0 Å². The first kappa shape index (κ1) is 14.5. The van der Waals surface area contributed by atoms with Gasteiger partial charge in [-0.1, -0.05) is 28.1 Å². The summed E-state index contributed by atoms with van der Waals surface area (Å²) in [6.07, 6.45) is 0. The van der Waals surface area contributed by atoms with E-state index < -0.39 is 0 Å². The highest BCUT2D eigenvalue weighted by Crippen LogP contribution is 2.29. The van der Waals surface area contributed by atoms with Crippen LogP contribution in [0.2, 0.25) is 0 Å². The van der Waals surface area contributed by atoms with Crippen molar-refractivity contribution in [1.29, 1.82) is 5.26 Å². The molecule has 0 fully saturated rings. The van der Waals surface area contributed by atoms with Crippen LogP contribution in [0.15, 0.2) is 42.5 Å². The van der Waals surface area contributed by atoms with Gasteiger partial charge in [0.15, 0.2) is 0 Å². The summed E-state index contributed by atoms with van der Waals surface area (Å²) in [5.41, 5.74) is 3.18. The lowest BCUT2D eigenvalue weighted by atomic mass is 10.1. The van der Waals surface area contributed by atoms with Crippen LogP contribution < -0.4 is 4.90 Å². The molecule has 0 aliphatic rings. The van der Waals surface area contributed by atoms with Crippen LogP contribution in [0, 0.1) is 17.1 Å². The molecule has 0 atom stereocenters. The van der Waals surface area contributed by atoms with Gasteiger partial charge in [-0.15, -0.1) is 0 Å². The van der Waals surface area contributed by atoms with E-state index in [0.29, 0.717) is 17.4 Å². The maximum atomic E-state index is 13.4. The van der Waals surface area contributed by atoms with Crippen molar-refractivity contribution in [2.75, 3.05) is 11.4 Å². The molecule has 0 unspecified atom stereocenters. The van der Waals surface area contributed by atoms with E-state index in [1.54, 1.807) is 6.07 Å². The summed E-state index contributed by atoms with van der Waals surface area (Å²) in [6.45, 7) is 2.64. The Morgan fingerprint density at radius 1 is 1.25 bits per heavy atom. The molecule has 0 aliphatic carbocycles. The first-order valence-corrected chi connectivity index (χ1v) is 7.43. The van der Waals surface area contributed by atoms with Gasteiger partial charge in [0, 0.05) is 17.6 Å². The van der Waals surface area contributed by atoms with Crippen LogP contribution in [-0.2, 0) is 5.33 Å². The van der Waals surface area contributed by atoms with Crippen molar-refractivity contribution in [1.82, 2.24) is 0 Å². The van der Waals surface area contributed by atoms with Crippen LogP contribution in [0.1, 0.15) is 18.1 Å². The van der Waals surface area contributed by atoms with Crippen molar-refractivity contribution in [2.45, 2.75) is 12.3 Å². The van der Waals surface area contributed by atoms with Gasteiger partial charge in [0.1, 0.15) is 11.9 Å². The van der Waals surface area contributed by atoms with Crippen molar-refractivity contribution < 1.29 is 4.39 Å². The number of benzene rings is 2. The fourth-order valence-electron chi connectivity index (χ4n) is 2.13. The van der Waals surface area contributed by atoms with Gasteiger partial charge in [-0.05, 0) is 42.8 Å². The van der Waals surface area contributed by atoms with Gasteiger partial charge in [0.05, 0.1) is 11.3 Å². The molecule has 2 rings (SSSR count). The number of hydrogen-bond donors (Lipinski definition) is 0. The highest BCUT2D eigenvalue weighted by atomic mass is 79.9. The Morgan fingerprint density at radius 2 is 2.05 bits per heavy atom. The average molecular weight is 333 g/mol. The third-order valence-corrected chi connectivity index (χ3v) is 3.71. The lowest BCUT2D eigenvalue weighted by molar-refractivity contribution is 0.627. The Balaban J connectivity index is 2.50. The molecule has 0 saturated heterocycles. The Labute approximate surface area is 126 Å². The standard InChI is InChI=1S/C16H14BrFN2/c1-2-20(15-5-3-4-14(18)9-15)16-7-6-12(10-17)8-13(16)11-19/h3-9H,2,10H2,1H3. The summed E-state index contributed by atoms with van der Waals surface area (Å²) in [5.74, 6) is -0.281. The van der Waals surface area contributed by atoms with E-state index in [1.807, 2.05) is 36.1 Å². The molecular weight excluding hydrogens is 319 g/mol. The minimum atomic E-state index is -0.281. The molecule has 0 saturated carbocycles. The number of hydrogen-bond acceptors (Lipinski definition) is 2. The van der Waals surface area contributed by atoms with E-state index in [4.69, 9.17) is 0 Å². The molecule has 0 N–H and O–H groups in total. The van der Waals surface area contributed by atoms with Crippen molar-refractivity contribution in [3.63, 3.8) is 0 Å². The van der Waals surface area contributed by atoms with Crippen LogP contribution >= 0.6 is 15.9 Å². The van der Waals surface area contributed by atoms with Crippen molar-refractivity contribution >= 4 is 27.3 Å². The summed E-state index contributed by atoms with van der Waals surface area (Å²) < 4.78 is 13.4. The number of nitriles is 1. The molecule has 0 aliphatic heterocycles. The number of alkyl halides is 1. The lowest BCUT2D eigenvalue weighted by Gasteiger charge is -2.24. The highest BCUT2D eigenvalue weighted by molar-refractivity contribution is 9.08. The maximum Gasteiger partial charge on any atom is 0.125 e. The van der Waals surface area contributed by atoms with E-state index in [1.165, 1.54) is 12.1 Å². The molecule has 4 heteroatoms. The molecule has 2 nitrogen and oxygen atoms in total. The second-order valence-electron chi connectivity index (χ2n) is 4.32. The molecule has 2 aromatic rings. The van der Waals surface area contributed by atoms with Gasteiger partial charge in [0.25, 0.3) is 0 Å². The van der Waals surface area contributed by atoms with Crippen molar-refractivity contribution in [3.8, 4) is 6.07 Å². The van der Waals surface area contributed by atoms with Crippen LogP contribution in [0.4, 0.5) is 15.8 Å². The lowest BCUT2D eigenvalue weighted by Crippen LogP contribution is -2.17. The summed E-state index contributed by atoms with van der Waals surface area (Å²) >= 11 is 3.38. The number of nitrogens with zero attached hydrogens (tertiary/aromatic N) is 2. The molecule has 0 aromatic heterocycles. The normalized spacial score (nSPS) is 10.1. The zero-order chi connectivity index (χ0) is 14.5. The minimum Gasteiger partial charge on any atom is -0.341 e. The SMILES string of the molecule is CCN(c1cccc(F)c1)c1ccc(CBr)cc1C#N. The molecular formula is C16H14BrFN2. The Hall–Kier alpha value is -1.86. The van der Waals surface area contributed by atoms with Crippen LogP contribution in [0.3, 0.4) is 0 Å². The first-order chi connectivity index (χ1) is 9.69.